The van der Waals surface area contributed by atoms with Gasteiger partial charge in [0.15, 0.2) is 40.5 Å². The maximum Gasteiger partial charge on any atom is 1.00 e. The number of nitrogens with two attached hydrogens (primary N) is 5. The van der Waals surface area contributed by atoms with Crippen LogP contribution in [-0.4, -0.2) is 146 Å². The Balaban J connectivity index is -0.000000682. The molecule has 0 atom stereocenters. The summed E-state index contributed by atoms with van der Waals surface area (Å²) >= 11 is 48.9. The second-order valence-electron chi connectivity index (χ2n) is 22.4. The number of halogens is 18. The van der Waals surface area contributed by atoms with Gasteiger partial charge in [0.1, 0.15) is 34.8 Å². The summed E-state index contributed by atoms with van der Waals surface area (Å²) in [7, 11) is 3.00. The van der Waals surface area contributed by atoms with Gasteiger partial charge in [-0.15, -0.1) is 6.61 Å². The largest absolute Gasteiger partial charge is 1.00 e. The minimum Gasteiger partial charge on any atom is -0.855 e. The number of rotatable bonds is 18. The van der Waals surface area contributed by atoms with Gasteiger partial charge in [-0.25, -0.2) is 60.1 Å². The molecule has 1 amide bonds. The van der Waals surface area contributed by atoms with Crippen LogP contribution in [0.3, 0.4) is 0 Å². The molecule has 2 heterocycles. The molecule has 0 saturated carbocycles. The molecule has 0 aliphatic rings. The van der Waals surface area contributed by atoms with Gasteiger partial charge in [-0.1, -0.05) is 30.1 Å². The molecular formula is C76H84Br6Cl6F6N8NaO22P. The molecule has 0 bridgehead atoms. The van der Waals surface area contributed by atoms with E-state index in [0.29, 0.717) is 27.6 Å². The monoisotopic (exact) mass is 2310 g/mol. The van der Waals surface area contributed by atoms with Crippen LogP contribution < -0.4 is 74.2 Å². The van der Waals surface area contributed by atoms with E-state index in [1.807, 2.05) is 0 Å². The number of aromatic amines is 1. The van der Waals surface area contributed by atoms with Crippen molar-refractivity contribution in [2.45, 2.75) is 95.9 Å². The Bertz CT molecular complexity index is 5260. The fraction of sp³-hybridized carbons (Fsp3) is 0.316. The molecule has 0 spiro atoms. The number of nitrogen functional groups attached to an aromatic ring is 3. The molecule has 2 aromatic heterocycles. The minimum absolute atomic E-state index is 0. The Morgan fingerprint density at radius 3 is 1.25 bits per heavy atom. The number of H-pyrrole nitrogens is 1. The summed E-state index contributed by atoms with van der Waals surface area (Å²) in [6, 6.07) is 11.4. The minimum atomic E-state index is -3.22. The van der Waals surface area contributed by atoms with Gasteiger partial charge in [-0.05, 0) is 302 Å². The van der Waals surface area contributed by atoms with E-state index in [9.17, 15) is 88.8 Å². The van der Waals surface area contributed by atoms with Crippen molar-refractivity contribution in [2.24, 2.45) is 11.5 Å². The average molecular weight is 2320 g/mol. The van der Waals surface area contributed by atoms with Crippen molar-refractivity contribution in [3.8, 4) is 5.75 Å². The number of amides is 1. The number of carboxylic acids is 1. The van der Waals surface area contributed by atoms with E-state index < -0.39 is 122 Å². The van der Waals surface area contributed by atoms with Crippen LogP contribution in [0.1, 0.15) is 153 Å². The van der Waals surface area contributed by atoms with Crippen molar-refractivity contribution in [1.82, 2.24) is 9.97 Å². The van der Waals surface area contributed by atoms with Crippen LogP contribution in [0.25, 0.3) is 21.8 Å². The second-order valence-corrected chi connectivity index (χ2v) is 35.0. The van der Waals surface area contributed by atoms with Crippen molar-refractivity contribution in [3.63, 3.8) is 0 Å². The number of pyridine rings is 2. The Labute approximate surface area is 820 Å². The van der Waals surface area contributed by atoms with Gasteiger partial charge in [0.25, 0.3) is 5.56 Å². The number of carboxylic acid groups (broad SMARTS) is 1. The number of fused-ring (bicyclic) bond motifs is 2. The number of aromatic hydroxyl groups is 1. The van der Waals surface area contributed by atoms with Gasteiger partial charge in [0.2, 0.25) is 11.1 Å². The molecule has 692 valence electrons. The molecule has 0 aliphatic carbocycles. The molecule has 8 aromatic rings. The molecule has 0 fully saturated rings. The number of hydrogen-bond acceptors (Lipinski definition) is 27. The number of ether oxygens (including phenoxy) is 7. The van der Waals surface area contributed by atoms with E-state index in [4.69, 9.17) is 85.9 Å². The molecule has 0 radical (unpaired) electrons. The molecule has 50 heteroatoms. The van der Waals surface area contributed by atoms with Crippen LogP contribution in [0.5, 0.6) is 5.75 Å². The van der Waals surface area contributed by atoms with Crippen LogP contribution in [0.2, 0.25) is 10.2 Å². The number of carbonyl (C=O) groups is 10. The molecule has 0 unspecified atom stereocenters. The number of aryl methyl sites for hydroxylation is 4. The van der Waals surface area contributed by atoms with Gasteiger partial charge in [-0.3, -0.25) is 28.5 Å². The third kappa shape index (κ3) is 41.2. The third-order valence-corrected chi connectivity index (χ3v) is 19.7. The molecule has 8 rings (SSSR count). The van der Waals surface area contributed by atoms with Crippen molar-refractivity contribution in [2.75, 3.05) is 89.5 Å². The molecule has 126 heavy (non-hydrogen) atoms. The molecule has 30 nitrogen and oxygen atoms in total. The van der Waals surface area contributed by atoms with Crippen LogP contribution >= 0.6 is 169 Å². The zero-order valence-electron chi connectivity index (χ0n) is 69.3. The number of esters is 7. The fourth-order valence-corrected chi connectivity index (χ4v) is 11.3. The molecule has 0 saturated heterocycles. The van der Waals surface area contributed by atoms with E-state index in [1.165, 1.54) is 56.6 Å². The standard InChI is InChI=1S/C15H17BrFNO5.C13H9BrCl2FNO2.C13H11BrFNO4.C10H11BrFNO2.C9H9BrFNO2.C7H5BrFNO2.C5H7ClO3.C2H5O.2CH5N.Cl3OP.Na/c1-4-22-11(20)7-10(19)18-14-9(15(21)23-5-2)6-8(3)12(16)13(14)17;1-3-20-13(19)7-9(15)6-4-5(2)8(14)10(17)11(6)18-12(7)16;1-3-20-13(19)7-11(17)6-4-5(2)8(14)9(15)10(6)16-12(7)18;1-3-15-10(14)6-4-5(2)7(11)8(12)9(6)13;1-2-14-9(13)5-3-4-6(10)7(11)8(5)12;8-4-2-1-3(7(11)12)6(10)5(4)9;1-2-9-5(8)3-4(6)7;1-2-3;2*1-2;1-5(2,3)4;/h6H,4-5,7H2,1-3H3,(H,18,19);4H,3H2,1-2H3;4H,3H2,1-2H3,(H2,16,17,18);4H,3,13H2,1-2H3;3-4H,2,12H2,1H3;1-2H,10H2,(H,11,12);2-3H2,1H3;2H2,1H3;2*2H2,1H3;;/q;;;;;;;-1;;;;+1. The van der Waals surface area contributed by atoms with Gasteiger partial charge in [0, 0.05) is 10.8 Å². The number of nitrogens with one attached hydrogen (secondary N) is 2. The maximum atomic E-state index is 14.4. The number of aromatic nitrogens is 2. The van der Waals surface area contributed by atoms with Crippen molar-refractivity contribution < 1.29 is 157 Å². The zero-order chi connectivity index (χ0) is 97.7. The van der Waals surface area contributed by atoms with Gasteiger partial charge in [-0.2, -0.15) is 0 Å². The van der Waals surface area contributed by atoms with E-state index in [1.54, 1.807) is 89.2 Å². The summed E-state index contributed by atoms with van der Waals surface area (Å²) in [5, 5.41) is 26.0. The van der Waals surface area contributed by atoms with Crippen molar-refractivity contribution in [1.29, 1.82) is 0 Å². The summed E-state index contributed by atoms with van der Waals surface area (Å²) in [5.74, 6) is -11.6. The van der Waals surface area contributed by atoms with E-state index in [2.05, 4.69) is 166 Å². The predicted molar refractivity (Wildman–Crippen MR) is 487 cm³/mol. The van der Waals surface area contributed by atoms with Crippen LogP contribution in [0.15, 0.2) is 80.2 Å². The summed E-state index contributed by atoms with van der Waals surface area (Å²) in [4.78, 5) is 130. The SMILES string of the molecule is CCOC(=O)CC(=O)Cl.CCOC(=O)CC(=O)Nc1c(C(=O)OCC)cc(C)c(Br)c1F.CCOC(=O)c1c(Cl)nc2c(F)c(Br)c(C)cc2c1Cl.CCOC(=O)c1c(O)c2cc(C)c(Br)c(F)c2[nH]c1=O.CCOC(=O)c1cc(C)c(Br)c(F)c1N.CCOC(=O)c1ccc(Br)c(F)c1N.CC[O-].CN.CN.Nc1c(C(=O)O)ccc(Br)c1F.O=P(Cl)(Cl)Cl.[Na+]. The number of hydrogen-bond donors (Lipinski definition) is 9. The molecule has 0 aliphatic heterocycles. The van der Waals surface area contributed by atoms with Crippen molar-refractivity contribution in [3.05, 3.63) is 186 Å². The van der Waals surface area contributed by atoms with Gasteiger partial charge in [0.05, 0.1) is 129 Å². The number of benzene rings is 6. The normalized spacial score (nSPS) is 9.87. The van der Waals surface area contributed by atoms with Crippen molar-refractivity contribution >= 4 is 273 Å². The number of nitrogens with zero attached hydrogens (tertiary/aromatic N) is 1. The predicted octanol–water partition coefficient (Wildman–Crippen LogP) is 16.4. The Hall–Kier alpha value is -6.65. The Morgan fingerprint density at radius 2 is 0.833 bits per heavy atom. The first-order chi connectivity index (χ1) is 58.2. The third-order valence-electron chi connectivity index (χ3n) is 13.8. The van der Waals surface area contributed by atoms with E-state index in [0.717, 1.165) is 0 Å². The first-order valence-corrected chi connectivity index (χ1v) is 45.4. The molecule has 6 aromatic carbocycles. The zero-order valence-corrected chi connectivity index (χ0v) is 86.3. The number of aromatic carboxylic acids is 1. The van der Waals surface area contributed by atoms with Gasteiger partial charge >= 0.3 is 82.5 Å². The summed E-state index contributed by atoms with van der Waals surface area (Å²) in [6.07, 6.45) is -0.920. The quantitative estimate of drug-likeness (QED) is 0.00443. The Kier molecular flexibility index (Phi) is 64.0. The average Bonchev–Trinajstić information content (AvgIpc) is 0.765. The summed E-state index contributed by atoms with van der Waals surface area (Å²) in [6.45, 7) is 20.9. The molecule has 14 N–H and O–H groups in total. The van der Waals surface area contributed by atoms with Crippen LogP contribution in [0, 0.1) is 62.6 Å². The topological polar surface area (TPSA) is 504 Å². The van der Waals surface area contributed by atoms with Crippen LogP contribution in [-0.2, 0) is 56.9 Å². The van der Waals surface area contributed by atoms with Gasteiger partial charge < -0.3 is 87.4 Å². The van der Waals surface area contributed by atoms with E-state index >= 15 is 0 Å². The van der Waals surface area contributed by atoms with E-state index in [-0.39, 0.29) is 193 Å². The number of anilines is 4. The maximum absolute atomic E-state index is 14.4. The smallest absolute Gasteiger partial charge is 0.855 e. The van der Waals surface area contributed by atoms with Crippen LogP contribution in [0.4, 0.5) is 49.1 Å². The summed E-state index contributed by atoms with van der Waals surface area (Å²) < 4.78 is 126. The molecular weight excluding hydrogens is 2240 g/mol. The first-order valence-electron chi connectivity index (χ1n) is 35.1. The summed E-state index contributed by atoms with van der Waals surface area (Å²) in [5.41, 5.74) is 24.4. The Morgan fingerprint density at radius 1 is 0.500 bits per heavy atom. The number of carbonyl (C=O) groups excluding carboxylic acids is 9. The second kappa shape index (κ2) is 64.2. The fourth-order valence-electron chi connectivity index (χ4n) is 8.60. The first kappa shape index (κ1) is 126.